The molecule has 0 radical (unpaired) electrons. The Labute approximate surface area is 126 Å². The van der Waals surface area contributed by atoms with Gasteiger partial charge in [-0.3, -0.25) is 0 Å². The summed E-state index contributed by atoms with van der Waals surface area (Å²) in [7, 11) is 0. The maximum atomic E-state index is 9.15. The van der Waals surface area contributed by atoms with Crippen molar-refractivity contribution in [2.24, 2.45) is 5.92 Å². The first-order valence-corrected chi connectivity index (χ1v) is 8.14. The van der Waals surface area contributed by atoms with Gasteiger partial charge in [0.05, 0.1) is 0 Å². The van der Waals surface area contributed by atoms with Crippen molar-refractivity contribution in [2.75, 3.05) is 24.2 Å². The molecule has 0 saturated heterocycles. The number of aromatic nitrogens is 2. The summed E-state index contributed by atoms with van der Waals surface area (Å²) < 4.78 is 0. The number of aliphatic hydroxyl groups is 1. The Bertz CT molecular complexity index is 443. The molecule has 0 aliphatic carbocycles. The molecule has 0 aliphatic rings. The molecule has 0 saturated carbocycles. The SMILES string of the molecule is CCNc1nc(C(C)(C)C)nc(SCC(C)CO)c1C. The molecular weight excluding hydrogens is 270 g/mol. The van der Waals surface area contributed by atoms with Crippen LogP contribution in [0.4, 0.5) is 5.82 Å². The van der Waals surface area contributed by atoms with E-state index in [0.717, 1.165) is 34.5 Å². The third-order valence-corrected chi connectivity index (χ3v) is 4.34. The largest absolute Gasteiger partial charge is 0.396 e. The fourth-order valence-corrected chi connectivity index (χ4v) is 2.60. The molecule has 1 heterocycles. The standard InChI is InChI=1S/C15H27N3OS/c1-7-16-12-11(3)13(20-9-10(2)8-19)18-14(17-12)15(4,5)6/h10,19H,7-9H2,1-6H3,(H,16,17,18). The van der Waals surface area contributed by atoms with Crippen LogP contribution in [0.1, 0.15) is 46.0 Å². The zero-order valence-corrected chi connectivity index (χ0v) is 14.3. The number of nitrogens with one attached hydrogen (secondary N) is 1. The van der Waals surface area contributed by atoms with E-state index in [0.29, 0.717) is 0 Å². The van der Waals surface area contributed by atoms with Crippen molar-refractivity contribution in [3.8, 4) is 0 Å². The summed E-state index contributed by atoms with van der Waals surface area (Å²) in [5.41, 5.74) is 1.02. The smallest absolute Gasteiger partial charge is 0.137 e. The zero-order chi connectivity index (χ0) is 15.3. The fraction of sp³-hybridized carbons (Fsp3) is 0.733. The number of hydrogen-bond donors (Lipinski definition) is 2. The average molecular weight is 297 g/mol. The summed E-state index contributed by atoms with van der Waals surface area (Å²) in [6.45, 7) is 13.6. The summed E-state index contributed by atoms with van der Waals surface area (Å²) in [6.07, 6.45) is 0. The van der Waals surface area contributed by atoms with Crippen LogP contribution in [0.25, 0.3) is 0 Å². The van der Waals surface area contributed by atoms with E-state index in [1.165, 1.54) is 0 Å². The Kier molecular flexibility index (Phi) is 6.27. The number of thioether (sulfide) groups is 1. The molecule has 0 amide bonds. The lowest BCUT2D eigenvalue weighted by molar-refractivity contribution is 0.250. The van der Waals surface area contributed by atoms with Crippen LogP contribution in [0.2, 0.25) is 0 Å². The van der Waals surface area contributed by atoms with Crippen molar-refractivity contribution < 1.29 is 5.11 Å². The maximum absolute atomic E-state index is 9.15. The van der Waals surface area contributed by atoms with Crippen LogP contribution in [-0.4, -0.2) is 34.0 Å². The van der Waals surface area contributed by atoms with Gasteiger partial charge in [-0.1, -0.05) is 27.7 Å². The molecule has 0 aromatic carbocycles. The third kappa shape index (κ3) is 4.63. The number of rotatable bonds is 6. The van der Waals surface area contributed by atoms with E-state index in [1.54, 1.807) is 11.8 Å². The molecule has 0 fully saturated rings. The van der Waals surface area contributed by atoms with Gasteiger partial charge in [0.15, 0.2) is 0 Å². The molecule has 1 atom stereocenters. The van der Waals surface area contributed by atoms with Crippen molar-refractivity contribution in [1.82, 2.24) is 9.97 Å². The van der Waals surface area contributed by atoms with Gasteiger partial charge >= 0.3 is 0 Å². The third-order valence-electron chi connectivity index (χ3n) is 2.93. The molecular formula is C15H27N3OS. The minimum atomic E-state index is -0.0736. The minimum Gasteiger partial charge on any atom is -0.396 e. The first-order chi connectivity index (χ1) is 9.29. The fourth-order valence-electron chi connectivity index (χ4n) is 1.59. The van der Waals surface area contributed by atoms with Crippen LogP contribution in [0, 0.1) is 12.8 Å². The first-order valence-electron chi connectivity index (χ1n) is 7.16. The summed E-state index contributed by atoms with van der Waals surface area (Å²) in [5, 5.41) is 13.5. The van der Waals surface area contributed by atoms with E-state index in [1.807, 2.05) is 6.92 Å². The highest BCUT2D eigenvalue weighted by Crippen LogP contribution is 2.30. The molecule has 1 rings (SSSR count). The predicted octanol–water partition coefficient (Wildman–Crippen LogP) is 3.23. The van der Waals surface area contributed by atoms with Crippen molar-refractivity contribution in [3.63, 3.8) is 0 Å². The quantitative estimate of drug-likeness (QED) is 0.623. The van der Waals surface area contributed by atoms with Crippen molar-refractivity contribution in [3.05, 3.63) is 11.4 Å². The lowest BCUT2D eigenvalue weighted by atomic mass is 9.95. The molecule has 20 heavy (non-hydrogen) atoms. The number of hydrogen-bond acceptors (Lipinski definition) is 5. The monoisotopic (exact) mass is 297 g/mol. The molecule has 2 N–H and O–H groups in total. The molecule has 4 nitrogen and oxygen atoms in total. The van der Waals surface area contributed by atoms with E-state index in [4.69, 9.17) is 10.1 Å². The van der Waals surface area contributed by atoms with Crippen LogP contribution in [-0.2, 0) is 5.41 Å². The van der Waals surface area contributed by atoms with Gasteiger partial charge in [-0.2, -0.15) is 0 Å². The van der Waals surface area contributed by atoms with Gasteiger partial charge in [-0.25, -0.2) is 9.97 Å². The molecule has 114 valence electrons. The van der Waals surface area contributed by atoms with E-state index >= 15 is 0 Å². The summed E-state index contributed by atoms with van der Waals surface area (Å²) in [4.78, 5) is 9.38. The van der Waals surface area contributed by atoms with Gasteiger partial charge < -0.3 is 10.4 Å². The van der Waals surface area contributed by atoms with E-state index < -0.39 is 0 Å². The van der Waals surface area contributed by atoms with Crippen molar-refractivity contribution in [2.45, 2.75) is 52.0 Å². The second kappa shape index (κ2) is 7.27. The Morgan fingerprint density at radius 3 is 2.45 bits per heavy atom. The van der Waals surface area contributed by atoms with Crippen LogP contribution in [0.15, 0.2) is 5.03 Å². The second-order valence-electron chi connectivity index (χ2n) is 6.21. The number of nitrogens with zero attached hydrogens (tertiary/aromatic N) is 2. The van der Waals surface area contributed by atoms with Crippen molar-refractivity contribution in [1.29, 1.82) is 0 Å². The predicted molar refractivity (Wildman–Crippen MR) is 86.6 cm³/mol. The summed E-state index contributed by atoms with van der Waals surface area (Å²) in [5.74, 6) is 2.92. The molecule has 1 unspecified atom stereocenters. The normalized spacial score (nSPS) is 13.3. The van der Waals surface area contributed by atoms with E-state index in [-0.39, 0.29) is 17.9 Å². The van der Waals surface area contributed by atoms with Crippen LogP contribution >= 0.6 is 11.8 Å². The van der Waals surface area contributed by atoms with Gasteiger partial charge in [0.25, 0.3) is 0 Å². The molecule has 5 heteroatoms. The molecule has 0 spiro atoms. The minimum absolute atomic E-state index is 0.0736. The number of aliphatic hydroxyl groups excluding tert-OH is 1. The average Bonchev–Trinajstić information content (AvgIpc) is 2.38. The van der Waals surface area contributed by atoms with Crippen LogP contribution in [0.3, 0.4) is 0 Å². The van der Waals surface area contributed by atoms with Gasteiger partial charge in [0.2, 0.25) is 0 Å². The Morgan fingerprint density at radius 1 is 1.30 bits per heavy atom. The summed E-state index contributed by atoms with van der Waals surface area (Å²) >= 11 is 1.70. The Hall–Kier alpha value is -0.810. The topological polar surface area (TPSA) is 58.0 Å². The highest BCUT2D eigenvalue weighted by Gasteiger charge is 2.21. The summed E-state index contributed by atoms with van der Waals surface area (Å²) in [6, 6.07) is 0. The van der Waals surface area contributed by atoms with Crippen molar-refractivity contribution >= 4 is 17.6 Å². The van der Waals surface area contributed by atoms with Crippen LogP contribution in [0.5, 0.6) is 0 Å². The van der Waals surface area contributed by atoms with Gasteiger partial charge in [-0.15, -0.1) is 11.8 Å². The highest BCUT2D eigenvalue weighted by atomic mass is 32.2. The molecule has 0 bridgehead atoms. The zero-order valence-electron chi connectivity index (χ0n) is 13.4. The van der Waals surface area contributed by atoms with Gasteiger partial charge in [0, 0.05) is 29.9 Å². The van der Waals surface area contributed by atoms with Gasteiger partial charge in [-0.05, 0) is 19.8 Å². The highest BCUT2D eigenvalue weighted by molar-refractivity contribution is 7.99. The molecule has 1 aromatic rings. The Balaban J connectivity index is 3.10. The number of anilines is 1. The van der Waals surface area contributed by atoms with Gasteiger partial charge in [0.1, 0.15) is 16.7 Å². The van der Waals surface area contributed by atoms with E-state index in [9.17, 15) is 0 Å². The maximum Gasteiger partial charge on any atom is 0.137 e. The second-order valence-corrected chi connectivity index (χ2v) is 7.21. The molecule has 1 aromatic heterocycles. The lowest BCUT2D eigenvalue weighted by Crippen LogP contribution is -2.19. The lowest BCUT2D eigenvalue weighted by Gasteiger charge is -2.21. The van der Waals surface area contributed by atoms with E-state index in [2.05, 4.69) is 44.9 Å². The Morgan fingerprint density at radius 2 is 1.95 bits per heavy atom. The molecule has 0 aliphatic heterocycles. The first kappa shape index (κ1) is 17.2. The van der Waals surface area contributed by atoms with Crippen LogP contribution < -0.4 is 5.32 Å².